The average molecular weight is 512 g/mol. The molecule has 0 radical (unpaired) electrons. The van der Waals surface area contributed by atoms with Crippen LogP contribution in [0.4, 0.5) is 4.39 Å². The van der Waals surface area contributed by atoms with Crippen molar-refractivity contribution in [2.24, 2.45) is 5.10 Å². The zero-order valence-electron chi connectivity index (χ0n) is 20.9. The van der Waals surface area contributed by atoms with Crippen molar-refractivity contribution in [3.8, 4) is 0 Å². The number of hydrogen-bond donors (Lipinski definition) is 1. The molecule has 0 aliphatic carbocycles. The van der Waals surface area contributed by atoms with E-state index < -0.39 is 5.82 Å². The molecule has 9 heteroatoms. The predicted molar refractivity (Wildman–Crippen MR) is 139 cm³/mol. The van der Waals surface area contributed by atoms with Crippen molar-refractivity contribution in [2.75, 3.05) is 26.2 Å². The van der Waals surface area contributed by atoms with Gasteiger partial charge in [-0.2, -0.15) is 5.10 Å². The third-order valence-corrected chi connectivity index (χ3v) is 8.09. The molecule has 0 saturated carbocycles. The van der Waals surface area contributed by atoms with Crippen molar-refractivity contribution in [1.82, 2.24) is 20.2 Å². The smallest absolute Gasteiger partial charge is 0.241 e. The third-order valence-electron chi connectivity index (χ3n) is 7.72. The number of hydrogen-bond acceptors (Lipinski definition) is 5. The number of amides is 2. The molecule has 1 fully saturated rings. The van der Waals surface area contributed by atoms with E-state index in [2.05, 4.69) is 24.1 Å². The first kappa shape index (κ1) is 24.7. The van der Waals surface area contributed by atoms with Crippen molar-refractivity contribution < 1.29 is 14.0 Å². The van der Waals surface area contributed by atoms with E-state index in [1.165, 1.54) is 0 Å². The summed E-state index contributed by atoms with van der Waals surface area (Å²) in [5.74, 6) is -0.323. The van der Waals surface area contributed by atoms with E-state index in [1.807, 2.05) is 23.2 Å². The van der Waals surface area contributed by atoms with E-state index in [1.54, 1.807) is 18.0 Å². The summed E-state index contributed by atoms with van der Waals surface area (Å²) in [4.78, 5) is 30.0. The average Bonchev–Trinajstić information content (AvgIpc) is 3.07. The lowest BCUT2D eigenvalue weighted by Crippen LogP contribution is -2.40. The number of carbonyl (C=O) groups excluding carboxylic acids is 2. The van der Waals surface area contributed by atoms with Crippen LogP contribution in [0.2, 0.25) is 5.02 Å². The van der Waals surface area contributed by atoms with Crippen LogP contribution in [-0.4, -0.2) is 64.1 Å². The van der Waals surface area contributed by atoms with Crippen molar-refractivity contribution in [3.63, 3.8) is 0 Å². The highest BCUT2D eigenvalue weighted by Crippen LogP contribution is 2.37. The highest BCUT2D eigenvalue weighted by Gasteiger charge is 2.40. The van der Waals surface area contributed by atoms with Gasteiger partial charge in [0, 0.05) is 67.4 Å². The van der Waals surface area contributed by atoms with Gasteiger partial charge in [0.05, 0.1) is 10.6 Å². The molecule has 2 unspecified atom stereocenters. The van der Waals surface area contributed by atoms with Gasteiger partial charge in [0.15, 0.2) is 0 Å². The highest BCUT2D eigenvalue weighted by atomic mass is 35.5. The van der Waals surface area contributed by atoms with Gasteiger partial charge in [-0.15, -0.1) is 0 Å². The van der Waals surface area contributed by atoms with E-state index in [0.29, 0.717) is 37.0 Å². The second kappa shape index (κ2) is 9.47. The van der Waals surface area contributed by atoms with Crippen LogP contribution in [0, 0.1) is 5.82 Å². The molecule has 5 rings (SSSR count). The lowest BCUT2D eigenvalue weighted by molar-refractivity contribution is -0.128. The Hall–Kier alpha value is -3.00. The van der Waals surface area contributed by atoms with Gasteiger partial charge in [-0.1, -0.05) is 24.6 Å². The summed E-state index contributed by atoms with van der Waals surface area (Å²) in [6, 6.07) is 3.84. The zero-order chi connectivity index (χ0) is 25.6. The Kier molecular flexibility index (Phi) is 6.49. The van der Waals surface area contributed by atoms with Crippen LogP contribution in [-0.2, 0) is 9.59 Å². The maximum atomic E-state index is 15.2. The minimum absolute atomic E-state index is 0.00923. The maximum absolute atomic E-state index is 15.2. The molecule has 7 nitrogen and oxygen atoms in total. The van der Waals surface area contributed by atoms with Crippen LogP contribution in [0.15, 0.2) is 29.5 Å². The van der Waals surface area contributed by atoms with Crippen LogP contribution in [0.5, 0.6) is 0 Å². The summed E-state index contributed by atoms with van der Waals surface area (Å²) in [5.41, 5.74) is 3.17. The van der Waals surface area contributed by atoms with E-state index in [9.17, 15) is 9.59 Å². The first-order chi connectivity index (χ1) is 17.1. The topological polar surface area (TPSA) is 77.9 Å². The Morgan fingerprint density at radius 1 is 1.36 bits per heavy atom. The fourth-order valence-corrected chi connectivity index (χ4v) is 5.74. The molecule has 0 spiro atoms. The number of nitrogens with one attached hydrogen (secondary N) is 1. The van der Waals surface area contributed by atoms with Crippen LogP contribution < -0.4 is 5.32 Å². The van der Waals surface area contributed by atoms with Gasteiger partial charge in [0.25, 0.3) is 0 Å². The fourth-order valence-electron chi connectivity index (χ4n) is 5.48. The first-order valence-electron chi connectivity index (χ1n) is 12.5. The molecule has 36 heavy (non-hydrogen) atoms. The van der Waals surface area contributed by atoms with E-state index >= 15 is 4.39 Å². The zero-order valence-corrected chi connectivity index (χ0v) is 21.7. The number of nitrogens with zero attached hydrogens (tertiary/aromatic N) is 4. The molecule has 3 aliphatic rings. The third kappa shape index (κ3) is 4.59. The summed E-state index contributed by atoms with van der Waals surface area (Å²) >= 11 is 6.45. The standard InChI is InChI=1S/C27H31ClFN5O2/c1-16(10-20-13-27(3)6-7-30-24(36)15-34(27)32-20)23-12-19-11-21(26(29)25(28)22(19)14-31-23)18-4-8-33(9-5-18)17(2)35/h4,11-12,14,16H,5-10,13,15H2,1-3H3,(H,30,36). The van der Waals surface area contributed by atoms with E-state index in [4.69, 9.17) is 16.7 Å². The molecular weight excluding hydrogens is 481 g/mol. The summed E-state index contributed by atoms with van der Waals surface area (Å²) in [6.07, 6.45) is 6.57. The number of benzene rings is 1. The number of rotatable bonds is 4. The second-order valence-corrected chi connectivity index (χ2v) is 10.8. The van der Waals surface area contributed by atoms with Crippen LogP contribution >= 0.6 is 11.6 Å². The van der Waals surface area contributed by atoms with Crippen molar-refractivity contribution in [1.29, 1.82) is 0 Å². The van der Waals surface area contributed by atoms with Crippen molar-refractivity contribution in [3.05, 3.63) is 46.5 Å². The number of fused-ring (bicyclic) bond motifs is 2. The lowest BCUT2D eigenvalue weighted by Gasteiger charge is -2.31. The lowest BCUT2D eigenvalue weighted by atomic mass is 9.88. The fraction of sp³-hybridized carbons (Fsp3) is 0.481. The largest absolute Gasteiger partial charge is 0.354 e. The SMILES string of the molecule is CC(=O)N1CC=C(c2cc3cc(C(C)CC4=NN5CC(=O)NCCC5(C)C4)ncc3c(Cl)c2F)CC1. The Morgan fingerprint density at radius 2 is 2.17 bits per heavy atom. The molecular formula is C27H31ClFN5O2. The number of hydrazone groups is 1. The molecule has 1 N–H and O–H groups in total. The van der Waals surface area contributed by atoms with E-state index in [-0.39, 0.29) is 34.8 Å². The minimum atomic E-state index is -0.445. The van der Waals surface area contributed by atoms with Gasteiger partial charge < -0.3 is 10.2 Å². The van der Waals surface area contributed by atoms with Gasteiger partial charge in [0.2, 0.25) is 11.8 Å². The van der Waals surface area contributed by atoms with Crippen LogP contribution in [0.25, 0.3) is 16.3 Å². The molecule has 2 amide bonds. The molecule has 1 saturated heterocycles. The number of halogens is 2. The maximum Gasteiger partial charge on any atom is 0.241 e. The quantitative estimate of drug-likeness (QED) is 0.655. The van der Waals surface area contributed by atoms with Gasteiger partial charge in [-0.25, -0.2) is 4.39 Å². The van der Waals surface area contributed by atoms with Crippen molar-refractivity contribution in [2.45, 2.75) is 57.9 Å². The Bertz CT molecular complexity index is 1310. The molecule has 190 valence electrons. The monoisotopic (exact) mass is 511 g/mol. The summed E-state index contributed by atoms with van der Waals surface area (Å²) < 4.78 is 15.2. The normalized spacial score (nSPS) is 23.1. The van der Waals surface area contributed by atoms with Crippen LogP contribution in [0.3, 0.4) is 0 Å². The highest BCUT2D eigenvalue weighted by molar-refractivity contribution is 6.35. The summed E-state index contributed by atoms with van der Waals surface area (Å²) in [6.45, 7) is 7.81. The molecule has 1 aromatic heterocycles. The van der Waals surface area contributed by atoms with E-state index in [0.717, 1.165) is 41.6 Å². The molecule has 2 aromatic rings. The predicted octanol–water partition coefficient (Wildman–Crippen LogP) is 4.50. The van der Waals surface area contributed by atoms with Gasteiger partial charge in [-0.3, -0.25) is 19.6 Å². The van der Waals surface area contributed by atoms with Gasteiger partial charge >= 0.3 is 0 Å². The number of pyridine rings is 1. The number of carbonyl (C=O) groups is 2. The van der Waals surface area contributed by atoms with Gasteiger partial charge in [-0.05, 0) is 49.3 Å². The second-order valence-electron chi connectivity index (χ2n) is 10.4. The molecule has 2 atom stereocenters. The molecule has 1 aromatic carbocycles. The number of aromatic nitrogens is 1. The molecule has 4 heterocycles. The first-order valence-corrected chi connectivity index (χ1v) is 12.9. The minimum Gasteiger partial charge on any atom is -0.354 e. The van der Waals surface area contributed by atoms with Crippen molar-refractivity contribution >= 4 is 45.5 Å². The molecule has 3 aliphatic heterocycles. The molecule has 0 bridgehead atoms. The van der Waals surface area contributed by atoms with Crippen LogP contribution in [0.1, 0.15) is 63.6 Å². The summed E-state index contributed by atoms with van der Waals surface area (Å²) in [7, 11) is 0. The Morgan fingerprint density at radius 3 is 2.89 bits per heavy atom. The van der Waals surface area contributed by atoms with Gasteiger partial charge in [0.1, 0.15) is 12.4 Å². The summed E-state index contributed by atoms with van der Waals surface area (Å²) in [5, 5.41) is 11.2. The Balaban J connectivity index is 1.39. The Labute approximate surface area is 215 Å².